The topological polar surface area (TPSA) is 43.6 Å². The van der Waals surface area contributed by atoms with Gasteiger partial charge in [-0.05, 0) is 88.0 Å². The van der Waals surface area contributed by atoms with Crippen molar-refractivity contribution in [3.63, 3.8) is 0 Å². The van der Waals surface area contributed by atoms with Crippen LogP contribution in [0.2, 0.25) is 0 Å². The van der Waals surface area contributed by atoms with Crippen LogP contribution in [-0.4, -0.2) is 19.5 Å². The van der Waals surface area contributed by atoms with Gasteiger partial charge in [0.2, 0.25) is 0 Å². The maximum Gasteiger partial charge on any atom is 0.164 e. The third-order valence-corrected chi connectivity index (χ3v) is 13.0. The van der Waals surface area contributed by atoms with E-state index in [0.29, 0.717) is 17.5 Å². The number of aromatic nitrogens is 4. The average Bonchev–Trinajstić information content (AvgIpc) is 3.90. The third-order valence-electron chi connectivity index (χ3n) is 11.8. The van der Waals surface area contributed by atoms with Crippen molar-refractivity contribution in [3.05, 3.63) is 218 Å². The molecule has 3 heterocycles. The Kier molecular flexibility index (Phi) is 8.65. The highest BCUT2D eigenvalue weighted by atomic mass is 32.1. The van der Waals surface area contributed by atoms with E-state index >= 15 is 0 Å². The molecule has 62 heavy (non-hydrogen) atoms. The van der Waals surface area contributed by atoms with E-state index in [9.17, 15) is 0 Å². The number of hydrogen-bond donors (Lipinski definition) is 0. The van der Waals surface area contributed by atoms with Crippen LogP contribution in [0.15, 0.2) is 218 Å². The summed E-state index contributed by atoms with van der Waals surface area (Å²) in [6.07, 6.45) is 0. The first kappa shape index (κ1) is 35.9. The van der Waals surface area contributed by atoms with Gasteiger partial charge in [0.1, 0.15) is 0 Å². The number of benzene rings is 9. The summed E-state index contributed by atoms with van der Waals surface area (Å²) in [5, 5.41) is 4.78. The summed E-state index contributed by atoms with van der Waals surface area (Å²) in [4.78, 5) is 15.2. The molecule has 0 aliphatic heterocycles. The average molecular weight is 809 g/mol. The Balaban J connectivity index is 1.02. The molecule has 0 spiro atoms. The van der Waals surface area contributed by atoms with Gasteiger partial charge in [-0.3, -0.25) is 0 Å². The molecule has 0 radical (unpaired) electrons. The Hall–Kier alpha value is -7.99. The summed E-state index contributed by atoms with van der Waals surface area (Å²) < 4.78 is 4.85. The van der Waals surface area contributed by atoms with Gasteiger partial charge in [0.15, 0.2) is 17.5 Å². The quantitative estimate of drug-likeness (QED) is 0.161. The molecule has 5 heteroatoms. The van der Waals surface area contributed by atoms with Crippen molar-refractivity contribution < 1.29 is 0 Å². The fourth-order valence-electron chi connectivity index (χ4n) is 8.89. The summed E-state index contributed by atoms with van der Waals surface area (Å²) >= 11 is 1.81. The Bertz CT molecular complexity index is 3490. The number of para-hydroxylation sites is 1. The number of nitrogens with zero attached hydrogens (tertiary/aromatic N) is 4. The van der Waals surface area contributed by atoms with E-state index < -0.39 is 0 Å². The molecule has 0 N–H and O–H groups in total. The second kappa shape index (κ2) is 14.9. The lowest BCUT2D eigenvalue weighted by molar-refractivity contribution is 1.08. The van der Waals surface area contributed by atoms with Gasteiger partial charge >= 0.3 is 0 Å². The summed E-state index contributed by atoms with van der Waals surface area (Å²) in [5.74, 6) is 1.97. The van der Waals surface area contributed by atoms with Crippen LogP contribution in [0.4, 0.5) is 0 Å². The smallest absolute Gasteiger partial charge is 0.164 e. The molecule has 12 rings (SSSR count). The van der Waals surface area contributed by atoms with E-state index in [1.165, 1.54) is 64.4 Å². The molecule has 0 atom stereocenters. The molecule has 0 amide bonds. The lowest BCUT2D eigenvalue weighted by atomic mass is 9.98. The standard InChI is InChI=1S/C57H36N4S/c1-5-16-37(17-6-1)43-32-44(38-18-7-2-8-19-38)34-45(33-43)61-50-26-14-13-24-46(50)48-35-41(28-30-51(48)61)42-29-31-52-49(36-42)54-47(25-15-27-53(54)62-52)57-59-55(39-20-9-3-10-21-39)58-56(60-57)40-22-11-4-12-23-40/h1-36H. The highest BCUT2D eigenvalue weighted by Crippen LogP contribution is 2.43. The maximum absolute atomic E-state index is 5.13. The van der Waals surface area contributed by atoms with E-state index in [4.69, 9.17) is 15.0 Å². The number of thiophene rings is 1. The Morgan fingerprint density at radius 3 is 1.45 bits per heavy atom. The molecule has 0 fully saturated rings. The van der Waals surface area contributed by atoms with Crippen molar-refractivity contribution in [2.24, 2.45) is 0 Å². The van der Waals surface area contributed by atoms with Gasteiger partial charge in [-0.2, -0.15) is 0 Å². The van der Waals surface area contributed by atoms with Crippen LogP contribution in [0.5, 0.6) is 0 Å². The Morgan fingerprint density at radius 2 is 0.823 bits per heavy atom. The van der Waals surface area contributed by atoms with Gasteiger partial charge in [0.25, 0.3) is 0 Å². The van der Waals surface area contributed by atoms with Crippen molar-refractivity contribution >= 4 is 53.3 Å². The van der Waals surface area contributed by atoms with Crippen molar-refractivity contribution in [1.82, 2.24) is 19.5 Å². The molecule has 290 valence electrons. The lowest BCUT2D eigenvalue weighted by Crippen LogP contribution is -2.00. The second-order valence-electron chi connectivity index (χ2n) is 15.6. The molecule has 9 aromatic carbocycles. The predicted molar refractivity (Wildman–Crippen MR) is 260 cm³/mol. The van der Waals surface area contributed by atoms with Crippen molar-refractivity contribution in [2.75, 3.05) is 0 Å². The molecular weight excluding hydrogens is 773 g/mol. The normalized spacial score (nSPS) is 11.5. The predicted octanol–water partition coefficient (Wildman–Crippen LogP) is 15.3. The lowest BCUT2D eigenvalue weighted by Gasteiger charge is -2.14. The number of hydrogen-bond acceptors (Lipinski definition) is 4. The zero-order valence-electron chi connectivity index (χ0n) is 33.5. The Morgan fingerprint density at radius 1 is 0.306 bits per heavy atom. The molecule has 0 aliphatic carbocycles. The van der Waals surface area contributed by atoms with Gasteiger partial charge in [-0.15, -0.1) is 11.3 Å². The zero-order chi connectivity index (χ0) is 41.0. The third kappa shape index (κ3) is 6.26. The number of rotatable bonds is 7. The fourth-order valence-corrected chi connectivity index (χ4v) is 10.00. The van der Waals surface area contributed by atoms with Gasteiger partial charge in [-0.25, -0.2) is 15.0 Å². The molecule has 12 aromatic rings. The fraction of sp³-hybridized carbons (Fsp3) is 0. The van der Waals surface area contributed by atoms with E-state index in [0.717, 1.165) is 33.3 Å². The van der Waals surface area contributed by atoms with Gasteiger partial charge in [0.05, 0.1) is 11.0 Å². The summed E-state index contributed by atoms with van der Waals surface area (Å²) in [6.45, 7) is 0. The Labute approximate surface area is 362 Å². The SMILES string of the molecule is c1ccc(-c2cc(-c3ccccc3)cc(-n3c4ccccc4c4cc(-c5ccc6sc7cccc(-c8nc(-c9ccccc9)nc(-c9ccccc9)n8)c7c6c5)ccc43)c2)cc1. The minimum atomic E-state index is 0.655. The van der Waals surface area contributed by atoms with Gasteiger partial charge in [-0.1, -0.05) is 164 Å². The van der Waals surface area contributed by atoms with Crippen LogP contribution in [-0.2, 0) is 0 Å². The molecule has 0 unspecified atom stereocenters. The van der Waals surface area contributed by atoms with Gasteiger partial charge in [0, 0.05) is 53.3 Å². The monoisotopic (exact) mass is 808 g/mol. The molecule has 0 aliphatic rings. The van der Waals surface area contributed by atoms with Crippen LogP contribution in [0, 0.1) is 0 Å². The van der Waals surface area contributed by atoms with E-state index in [1.807, 2.05) is 36.4 Å². The van der Waals surface area contributed by atoms with Crippen LogP contribution in [0.3, 0.4) is 0 Å². The molecule has 0 saturated carbocycles. The van der Waals surface area contributed by atoms with Crippen LogP contribution >= 0.6 is 11.3 Å². The minimum Gasteiger partial charge on any atom is -0.309 e. The molecule has 3 aromatic heterocycles. The van der Waals surface area contributed by atoms with Crippen LogP contribution < -0.4 is 0 Å². The van der Waals surface area contributed by atoms with Crippen LogP contribution in [0.25, 0.3) is 115 Å². The molecular formula is C57H36N4S. The first-order valence-electron chi connectivity index (χ1n) is 20.8. The largest absolute Gasteiger partial charge is 0.309 e. The van der Waals surface area contributed by atoms with Crippen molar-refractivity contribution in [1.29, 1.82) is 0 Å². The number of fused-ring (bicyclic) bond motifs is 6. The van der Waals surface area contributed by atoms with Gasteiger partial charge < -0.3 is 4.57 Å². The van der Waals surface area contributed by atoms with Crippen molar-refractivity contribution in [3.8, 4) is 73.2 Å². The van der Waals surface area contributed by atoms with E-state index in [-0.39, 0.29) is 0 Å². The molecule has 4 nitrogen and oxygen atoms in total. The van der Waals surface area contributed by atoms with E-state index in [1.54, 1.807) is 11.3 Å². The van der Waals surface area contributed by atoms with Crippen molar-refractivity contribution in [2.45, 2.75) is 0 Å². The minimum absolute atomic E-state index is 0.655. The van der Waals surface area contributed by atoms with E-state index in [2.05, 4.69) is 187 Å². The first-order chi connectivity index (χ1) is 30.7. The van der Waals surface area contributed by atoms with Crippen LogP contribution in [0.1, 0.15) is 0 Å². The molecule has 0 saturated heterocycles. The summed E-state index contributed by atoms with van der Waals surface area (Å²) in [6, 6.07) is 77.7. The molecule has 0 bridgehead atoms. The zero-order valence-corrected chi connectivity index (χ0v) is 34.3. The maximum atomic E-state index is 5.13. The summed E-state index contributed by atoms with van der Waals surface area (Å²) in [7, 11) is 0. The first-order valence-corrected chi connectivity index (χ1v) is 21.7. The second-order valence-corrected chi connectivity index (χ2v) is 16.7. The highest BCUT2D eigenvalue weighted by molar-refractivity contribution is 7.26. The summed E-state index contributed by atoms with van der Waals surface area (Å²) in [5.41, 5.74) is 13.5. The highest BCUT2D eigenvalue weighted by Gasteiger charge is 2.19.